The largest absolute Gasteiger partial charge is 0.515 e. The van der Waals surface area contributed by atoms with Gasteiger partial charge < -0.3 is 10.1 Å². The van der Waals surface area contributed by atoms with Gasteiger partial charge in [-0.3, -0.25) is 15.1 Å². The van der Waals surface area contributed by atoms with Crippen molar-refractivity contribution in [3.05, 3.63) is 60.7 Å². The van der Waals surface area contributed by atoms with E-state index in [0.717, 1.165) is 40.5 Å². The van der Waals surface area contributed by atoms with Crippen molar-refractivity contribution in [3.8, 4) is 22.9 Å². The number of rotatable bonds is 4. The standard InChI is InChI=1S/C22H17N7O/c30-11-14(12-4-5-12)13-2-1-3-16-19(13)27-22(26-16)21-20-17(28-29-21)7-6-15(25-20)18-10-23-8-9-24-18/h1-3,6-12,30H,4-5H2,(H,26,27)(H,28,29)/b14-11+. The van der Waals surface area contributed by atoms with Crippen LogP contribution in [0.1, 0.15) is 18.4 Å². The van der Waals surface area contributed by atoms with E-state index in [2.05, 4.69) is 25.1 Å². The van der Waals surface area contributed by atoms with Gasteiger partial charge in [0.15, 0.2) is 11.5 Å². The first kappa shape index (κ1) is 16.8. The van der Waals surface area contributed by atoms with Gasteiger partial charge in [0.05, 0.1) is 34.7 Å². The summed E-state index contributed by atoms with van der Waals surface area (Å²) in [6.45, 7) is 0. The molecule has 8 nitrogen and oxygen atoms in total. The molecule has 0 aliphatic heterocycles. The van der Waals surface area contributed by atoms with Crippen molar-refractivity contribution in [2.45, 2.75) is 12.8 Å². The van der Waals surface area contributed by atoms with Crippen LogP contribution in [0.15, 0.2) is 55.2 Å². The van der Waals surface area contributed by atoms with Crippen molar-refractivity contribution in [1.29, 1.82) is 0 Å². The van der Waals surface area contributed by atoms with Gasteiger partial charge in [-0.2, -0.15) is 5.10 Å². The fourth-order valence-corrected chi connectivity index (χ4v) is 3.80. The lowest BCUT2D eigenvalue weighted by atomic mass is 10.0. The van der Waals surface area contributed by atoms with E-state index in [1.54, 1.807) is 18.6 Å². The molecule has 4 heterocycles. The van der Waals surface area contributed by atoms with Crippen molar-refractivity contribution in [2.24, 2.45) is 5.92 Å². The molecule has 1 aliphatic rings. The van der Waals surface area contributed by atoms with Crippen LogP contribution in [0.5, 0.6) is 0 Å². The Morgan fingerprint density at radius 3 is 2.73 bits per heavy atom. The Morgan fingerprint density at radius 2 is 1.93 bits per heavy atom. The Kier molecular flexibility index (Phi) is 3.64. The molecule has 5 aromatic rings. The highest BCUT2D eigenvalue weighted by molar-refractivity contribution is 5.95. The number of nitrogens with zero attached hydrogens (tertiary/aromatic N) is 5. The van der Waals surface area contributed by atoms with E-state index in [9.17, 15) is 5.11 Å². The number of allylic oxidation sites excluding steroid dienone is 1. The first-order valence-corrected chi connectivity index (χ1v) is 9.77. The Labute approximate surface area is 170 Å². The number of H-pyrrole nitrogens is 2. The SMILES string of the molecule is O/C=C(/c1cccc2[nH]c(-c3n[nH]c4ccc(-c5cnccn5)nc34)nc12)C1CC1. The highest BCUT2D eigenvalue weighted by Crippen LogP contribution is 2.43. The molecule has 0 radical (unpaired) electrons. The first-order chi connectivity index (χ1) is 14.8. The molecule has 30 heavy (non-hydrogen) atoms. The highest BCUT2D eigenvalue weighted by Gasteiger charge is 2.29. The maximum atomic E-state index is 9.78. The number of hydrogen-bond donors (Lipinski definition) is 3. The minimum absolute atomic E-state index is 0.406. The smallest absolute Gasteiger partial charge is 0.161 e. The number of benzene rings is 1. The molecule has 0 amide bonds. The zero-order valence-corrected chi connectivity index (χ0v) is 15.9. The van der Waals surface area contributed by atoms with Crippen molar-refractivity contribution >= 4 is 27.6 Å². The lowest BCUT2D eigenvalue weighted by Crippen LogP contribution is -1.90. The number of hydrogen-bond acceptors (Lipinski definition) is 6. The zero-order chi connectivity index (χ0) is 20.1. The average Bonchev–Trinajstić information content (AvgIpc) is 3.38. The molecule has 0 bridgehead atoms. The summed E-state index contributed by atoms with van der Waals surface area (Å²) in [6, 6.07) is 9.76. The van der Waals surface area contributed by atoms with Gasteiger partial charge >= 0.3 is 0 Å². The third-order valence-corrected chi connectivity index (χ3v) is 5.44. The van der Waals surface area contributed by atoms with Gasteiger partial charge in [-0.05, 0) is 42.5 Å². The number of pyridine rings is 1. The van der Waals surface area contributed by atoms with Gasteiger partial charge in [0.1, 0.15) is 11.2 Å². The minimum Gasteiger partial charge on any atom is -0.515 e. The van der Waals surface area contributed by atoms with Gasteiger partial charge in [-0.1, -0.05) is 12.1 Å². The van der Waals surface area contributed by atoms with Crippen LogP contribution in [0.3, 0.4) is 0 Å². The van der Waals surface area contributed by atoms with Crippen molar-refractivity contribution in [2.75, 3.05) is 0 Å². The summed E-state index contributed by atoms with van der Waals surface area (Å²) in [5.41, 5.74) is 7.17. The number of fused-ring (bicyclic) bond motifs is 2. The Balaban J connectivity index is 1.50. The Morgan fingerprint density at radius 1 is 1.00 bits per heavy atom. The topological polar surface area (TPSA) is 116 Å². The summed E-state index contributed by atoms with van der Waals surface area (Å²) in [4.78, 5) is 21.4. The lowest BCUT2D eigenvalue weighted by molar-refractivity contribution is 0.473. The predicted octanol–water partition coefficient (Wildman–Crippen LogP) is 4.27. The number of aromatic nitrogens is 7. The van der Waals surface area contributed by atoms with Crippen LogP contribution < -0.4 is 0 Å². The molecular formula is C22H17N7O. The van der Waals surface area contributed by atoms with Crippen molar-refractivity contribution < 1.29 is 5.11 Å². The quantitative estimate of drug-likeness (QED) is 0.391. The van der Waals surface area contributed by atoms with Crippen LogP contribution in [0.2, 0.25) is 0 Å². The number of aliphatic hydroxyl groups is 1. The molecule has 8 heteroatoms. The summed E-state index contributed by atoms with van der Waals surface area (Å²) >= 11 is 0. The van der Waals surface area contributed by atoms with E-state index in [1.165, 1.54) is 6.26 Å². The third-order valence-electron chi connectivity index (χ3n) is 5.44. The fraction of sp³-hybridized carbons (Fsp3) is 0.136. The van der Waals surface area contributed by atoms with E-state index in [1.807, 2.05) is 30.3 Å². The second-order valence-corrected chi connectivity index (χ2v) is 7.40. The van der Waals surface area contributed by atoms with Crippen LogP contribution in [0, 0.1) is 5.92 Å². The molecule has 4 aromatic heterocycles. The van der Waals surface area contributed by atoms with Gasteiger partial charge in [-0.15, -0.1) is 0 Å². The second kappa shape index (κ2) is 6.48. The van der Waals surface area contributed by atoms with E-state index in [-0.39, 0.29) is 0 Å². The molecule has 0 saturated heterocycles. The maximum absolute atomic E-state index is 9.78. The number of aromatic amines is 2. The second-order valence-electron chi connectivity index (χ2n) is 7.40. The molecule has 0 atom stereocenters. The van der Waals surface area contributed by atoms with Crippen LogP contribution in [0.4, 0.5) is 0 Å². The highest BCUT2D eigenvalue weighted by atomic mass is 16.2. The normalized spacial score (nSPS) is 14.6. The van der Waals surface area contributed by atoms with E-state index < -0.39 is 0 Å². The molecule has 1 aliphatic carbocycles. The Bertz CT molecular complexity index is 1410. The number of aliphatic hydroxyl groups excluding tert-OH is 1. The third kappa shape index (κ3) is 2.65. The van der Waals surface area contributed by atoms with Crippen LogP contribution >= 0.6 is 0 Å². The van der Waals surface area contributed by atoms with Gasteiger partial charge in [-0.25, -0.2) is 9.97 Å². The van der Waals surface area contributed by atoms with E-state index in [4.69, 9.17) is 9.97 Å². The number of nitrogens with one attached hydrogen (secondary N) is 2. The first-order valence-electron chi connectivity index (χ1n) is 9.77. The summed E-state index contributed by atoms with van der Waals surface area (Å²) in [5, 5.41) is 17.3. The van der Waals surface area contributed by atoms with Gasteiger partial charge in [0, 0.05) is 18.0 Å². The number of para-hydroxylation sites is 1. The summed E-state index contributed by atoms with van der Waals surface area (Å²) in [7, 11) is 0. The van der Waals surface area contributed by atoms with Gasteiger partial charge in [0.2, 0.25) is 0 Å². The molecule has 1 fully saturated rings. The molecule has 0 unspecified atom stereocenters. The van der Waals surface area contributed by atoms with Crippen molar-refractivity contribution in [3.63, 3.8) is 0 Å². The van der Waals surface area contributed by atoms with Gasteiger partial charge in [0.25, 0.3) is 0 Å². The molecule has 1 aromatic carbocycles. The fourth-order valence-electron chi connectivity index (χ4n) is 3.80. The molecular weight excluding hydrogens is 378 g/mol. The number of imidazole rings is 1. The van der Waals surface area contributed by atoms with E-state index in [0.29, 0.717) is 34.3 Å². The molecule has 146 valence electrons. The maximum Gasteiger partial charge on any atom is 0.161 e. The van der Waals surface area contributed by atoms with Crippen LogP contribution in [-0.4, -0.2) is 40.2 Å². The molecule has 6 rings (SSSR count). The minimum atomic E-state index is 0.406. The average molecular weight is 395 g/mol. The zero-order valence-electron chi connectivity index (χ0n) is 15.9. The summed E-state index contributed by atoms with van der Waals surface area (Å²) in [6.07, 6.45) is 8.37. The predicted molar refractivity (Wildman–Crippen MR) is 113 cm³/mol. The Hall–Kier alpha value is -4.07. The van der Waals surface area contributed by atoms with Crippen molar-refractivity contribution in [1.82, 2.24) is 35.1 Å². The van der Waals surface area contributed by atoms with Crippen LogP contribution in [-0.2, 0) is 0 Å². The summed E-state index contributed by atoms with van der Waals surface area (Å²) in [5.74, 6) is 1.03. The lowest BCUT2D eigenvalue weighted by Gasteiger charge is -2.04. The molecule has 1 saturated carbocycles. The summed E-state index contributed by atoms with van der Waals surface area (Å²) < 4.78 is 0. The molecule has 3 N–H and O–H groups in total. The molecule has 0 spiro atoms. The van der Waals surface area contributed by atoms with Crippen LogP contribution in [0.25, 0.3) is 50.5 Å². The van der Waals surface area contributed by atoms with E-state index >= 15 is 0 Å². The monoisotopic (exact) mass is 395 g/mol.